The Bertz CT molecular complexity index is 883. The van der Waals surface area contributed by atoms with Gasteiger partial charge in [0.05, 0.1) is 6.04 Å². The molecule has 1 atom stereocenters. The van der Waals surface area contributed by atoms with Gasteiger partial charge in [0.25, 0.3) is 0 Å². The van der Waals surface area contributed by atoms with Crippen molar-refractivity contribution in [1.29, 1.82) is 0 Å². The Balaban J connectivity index is 1.49. The number of aliphatic imine (C=N–C) groups is 1. The topological polar surface area (TPSA) is 66.6 Å². The Morgan fingerprint density at radius 2 is 1.96 bits per heavy atom. The third kappa shape index (κ3) is 4.20. The third-order valence-electron chi connectivity index (χ3n) is 4.49. The number of hydrogen-bond acceptors (Lipinski definition) is 3. The predicted molar refractivity (Wildman–Crippen MR) is 105 cm³/mol. The summed E-state index contributed by atoms with van der Waals surface area (Å²) in [5, 5.41) is 15.3. The van der Waals surface area contributed by atoms with Crippen LogP contribution in [0, 0.1) is 6.92 Å². The zero-order valence-electron chi connectivity index (χ0n) is 15.6. The zero-order valence-corrected chi connectivity index (χ0v) is 15.6. The number of benzene rings is 1. The Morgan fingerprint density at radius 3 is 2.77 bits per heavy atom. The van der Waals surface area contributed by atoms with Crippen molar-refractivity contribution in [3.8, 4) is 0 Å². The molecule has 2 heterocycles. The summed E-state index contributed by atoms with van der Waals surface area (Å²) in [5.41, 5.74) is 3.45. The second kappa shape index (κ2) is 8.47. The molecule has 0 aliphatic carbocycles. The molecule has 0 saturated carbocycles. The van der Waals surface area contributed by atoms with Crippen molar-refractivity contribution >= 4 is 11.6 Å². The minimum Gasteiger partial charge on any atom is -0.356 e. The van der Waals surface area contributed by atoms with Crippen molar-refractivity contribution < 1.29 is 0 Å². The van der Waals surface area contributed by atoms with Crippen molar-refractivity contribution in [3.05, 3.63) is 65.6 Å². The van der Waals surface area contributed by atoms with E-state index in [1.54, 1.807) is 7.05 Å². The van der Waals surface area contributed by atoms with Gasteiger partial charge in [-0.1, -0.05) is 30.3 Å². The molecule has 3 rings (SSSR count). The highest BCUT2D eigenvalue weighted by Crippen LogP contribution is 2.16. The lowest BCUT2D eigenvalue weighted by Gasteiger charge is -2.19. The van der Waals surface area contributed by atoms with Gasteiger partial charge in [-0.15, -0.1) is 10.2 Å². The van der Waals surface area contributed by atoms with Crippen LogP contribution >= 0.6 is 0 Å². The summed E-state index contributed by atoms with van der Waals surface area (Å²) in [6.07, 6.45) is 3.82. The molecule has 0 spiro atoms. The zero-order chi connectivity index (χ0) is 18.4. The van der Waals surface area contributed by atoms with Crippen LogP contribution in [0.1, 0.15) is 36.3 Å². The van der Waals surface area contributed by atoms with Crippen molar-refractivity contribution in [3.63, 3.8) is 0 Å². The van der Waals surface area contributed by atoms with Crippen LogP contribution in [0.25, 0.3) is 5.65 Å². The van der Waals surface area contributed by atoms with E-state index in [2.05, 4.69) is 63.9 Å². The number of hydrogen-bond donors (Lipinski definition) is 2. The SMILES string of the molecule is CN=C(NCCCc1nnc2ccccn12)NC(C)c1ccccc1C. The molecule has 0 amide bonds. The average Bonchev–Trinajstić information content (AvgIpc) is 3.07. The minimum atomic E-state index is 0.197. The van der Waals surface area contributed by atoms with E-state index in [0.29, 0.717) is 0 Å². The van der Waals surface area contributed by atoms with Gasteiger partial charge in [-0.25, -0.2) is 0 Å². The first-order valence-corrected chi connectivity index (χ1v) is 9.00. The largest absolute Gasteiger partial charge is 0.356 e. The molecule has 1 unspecified atom stereocenters. The molecule has 2 aromatic heterocycles. The molecule has 26 heavy (non-hydrogen) atoms. The Hall–Kier alpha value is -2.89. The molecule has 0 fully saturated rings. The second-order valence-corrected chi connectivity index (χ2v) is 6.37. The first-order chi connectivity index (χ1) is 12.7. The normalized spacial score (nSPS) is 13.0. The molecule has 2 N–H and O–H groups in total. The monoisotopic (exact) mass is 350 g/mol. The maximum Gasteiger partial charge on any atom is 0.191 e. The molecule has 6 nitrogen and oxygen atoms in total. The summed E-state index contributed by atoms with van der Waals surface area (Å²) in [6.45, 7) is 5.10. The molecule has 136 valence electrons. The fraction of sp³-hybridized carbons (Fsp3) is 0.350. The fourth-order valence-corrected chi connectivity index (χ4v) is 3.06. The molecular formula is C20H26N6. The van der Waals surface area contributed by atoms with Gasteiger partial charge in [-0.2, -0.15) is 0 Å². The summed E-state index contributed by atoms with van der Waals surface area (Å²) in [7, 11) is 1.80. The molecule has 0 aliphatic rings. The van der Waals surface area contributed by atoms with Crippen molar-refractivity contribution in [2.24, 2.45) is 4.99 Å². The van der Waals surface area contributed by atoms with E-state index < -0.39 is 0 Å². The summed E-state index contributed by atoms with van der Waals surface area (Å²) in [4.78, 5) is 4.33. The van der Waals surface area contributed by atoms with E-state index in [-0.39, 0.29) is 6.04 Å². The highest BCUT2D eigenvalue weighted by molar-refractivity contribution is 5.80. The van der Waals surface area contributed by atoms with E-state index >= 15 is 0 Å². The number of guanidine groups is 1. The van der Waals surface area contributed by atoms with Crippen LogP contribution < -0.4 is 10.6 Å². The number of aryl methyl sites for hydroxylation is 2. The van der Waals surface area contributed by atoms with Gasteiger partial charge in [-0.05, 0) is 43.5 Å². The number of rotatable bonds is 6. The van der Waals surface area contributed by atoms with Crippen molar-refractivity contribution in [2.75, 3.05) is 13.6 Å². The predicted octanol–water partition coefficient (Wildman–Crippen LogP) is 2.90. The summed E-state index contributed by atoms with van der Waals surface area (Å²) in [5.74, 6) is 1.80. The molecule has 3 aromatic rings. The summed E-state index contributed by atoms with van der Waals surface area (Å²) in [6, 6.07) is 14.5. The van der Waals surface area contributed by atoms with Crippen LogP contribution in [0.5, 0.6) is 0 Å². The molecule has 0 aliphatic heterocycles. The summed E-state index contributed by atoms with van der Waals surface area (Å²) < 4.78 is 2.04. The van der Waals surface area contributed by atoms with Crippen molar-refractivity contribution in [1.82, 2.24) is 25.2 Å². The standard InChI is InChI=1S/C20H26N6/c1-15-9-4-5-10-17(15)16(2)23-20(21-3)22-13-8-12-19-25-24-18-11-6-7-14-26(18)19/h4-7,9-11,14,16H,8,12-13H2,1-3H3,(H2,21,22,23). The Morgan fingerprint density at radius 1 is 1.15 bits per heavy atom. The van der Waals surface area contributed by atoms with Crippen LogP contribution in [0.3, 0.4) is 0 Å². The Kier molecular flexibility index (Phi) is 5.84. The van der Waals surface area contributed by atoms with E-state index in [1.165, 1.54) is 11.1 Å². The molecule has 6 heteroatoms. The average molecular weight is 350 g/mol. The molecule has 0 radical (unpaired) electrons. The van der Waals surface area contributed by atoms with Crippen LogP contribution in [-0.2, 0) is 6.42 Å². The number of nitrogens with zero attached hydrogens (tertiary/aromatic N) is 4. The van der Waals surface area contributed by atoms with Gasteiger partial charge in [0.1, 0.15) is 5.82 Å². The lowest BCUT2D eigenvalue weighted by Crippen LogP contribution is -2.39. The van der Waals surface area contributed by atoms with E-state index in [1.807, 2.05) is 28.8 Å². The van der Waals surface area contributed by atoms with Crippen LogP contribution in [0.2, 0.25) is 0 Å². The van der Waals surface area contributed by atoms with Gasteiger partial charge in [0.15, 0.2) is 11.6 Å². The number of aromatic nitrogens is 3. The van der Waals surface area contributed by atoms with Gasteiger partial charge in [0, 0.05) is 26.2 Å². The first-order valence-electron chi connectivity index (χ1n) is 9.00. The fourth-order valence-electron chi connectivity index (χ4n) is 3.06. The maximum absolute atomic E-state index is 4.33. The first kappa shape index (κ1) is 17.9. The smallest absolute Gasteiger partial charge is 0.191 e. The van der Waals surface area contributed by atoms with E-state index in [4.69, 9.17) is 0 Å². The number of nitrogens with one attached hydrogen (secondary N) is 2. The maximum atomic E-state index is 4.33. The van der Waals surface area contributed by atoms with Crippen molar-refractivity contribution in [2.45, 2.75) is 32.7 Å². The lowest BCUT2D eigenvalue weighted by molar-refractivity contribution is 0.665. The number of fused-ring (bicyclic) bond motifs is 1. The lowest BCUT2D eigenvalue weighted by atomic mass is 10.0. The molecule has 1 aromatic carbocycles. The second-order valence-electron chi connectivity index (χ2n) is 6.37. The van der Waals surface area contributed by atoms with Gasteiger partial charge >= 0.3 is 0 Å². The summed E-state index contributed by atoms with van der Waals surface area (Å²) >= 11 is 0. The van der Waals surface area contributed by atoms with Crippen LogP contribution in [0.4, 0.5) is 0 Å². The highest BCUT2D eigenvalue weighted by Gasteiger charge is 2.10. The third-order valence-corrected chi connectivity index (χ3v) is 4.49. The molecular weight excluding hydrogens is 324 g/mol. The minimum absolute atomic E-state index is 0.197. The van der Waals surface area contributed by atoms with Crippen LogP contribution in [-0.4, -0.2) is 34.2 Å². The van der Waals surface area contributed by atoms with Gasteiger partial charge in [-0.3, -0.25) is 9.39 Å². The molecule has 0 saturated heterocycles. The number of pyridine rings is 1. The van der Waals surface area contributed by atoms with Crippen LogP contribution in [0.15, 0.2) is 53.7 Å². The highest BCUT2D eigenvalue weighted by atomic mass is 15.2. The molecule has 0 bridgehead atoms. The van der Waals surface area contributed by atoms with Gasteiger partial charge in [0.2, 0.25) is 0 Å². The van der Waals surface area contributed by atoms with E-state index in [9.17, 15) is 0 Å². The Labute approximate surface area is 154 Å². The quantitative estimate of drug-likeness (QED) is 0.407. The van der Waals surface area contributed by atoms with Gasteiger partial charge < -0.3 is 10.6 Å². The van der Waals surface area contributed by atoms with E-state index in [0.717, 1.165) is 36.8 Å².